The molecule has 54 heavy (non-hydrogen) atoms. The van der Waals surface area contributed by atoms with Gasteiger partial charge in [0.15, 0.2) is 0 Å². The summed E-state index contributed by atoms with van der Waals surface area (Å²) in [5, 5.41) is 6.97. The summed E-state index contributed by atoms with van der Waals surface area (Å²) in [5.41, 5.74) is 10.9. The Bertz CT molecular complexity index is 2860. The van der Waals surface area contributed by atoms with Crippen LogP contribution in [-0.2, 0) is 0 Å². The summed E-state index contributed by atoms with van der Waals surface area (Å²) in [4.78, 5) is 2.41. The molecule has 1 aliphatic carbocycles. The van der Waals surface area contributed by atoms with E-state index in [0.717, 1.165) is 73.1 Å². The third kappa shape index (κ3) is 5.98. The predicted molar refractivity (Wildman–Crippen MR) is 232 cm³/mol. The fourth-order valence-electron chi connectivity index (χ4n) is 7.86. The Labute approximate surface area is 316 Å². The Kier molecular flexibility index (Phi) is 8.70. The third-order valence-electron chi connectivity index (χ3n) is 10.5. The number of fused-ring (bicyclic) bond motifs is 6. The van der Waals surface area contributed by atoms with Gasteiger partial charge in [-0.15, -0.1) is 0 Å². The lowest BCUT2D eigenvalue weighted by Gasteiger charge is -2.31. The average molecular weight is 694 g/mol. The van der Waals surface area contributed by atoms with E-state index in [4.69, 9.17) is 4.42 Å². The van der Waals surface area contributed by atoms with Gasteiger partial charge in [-0.05, 0) is 69.6 Å². The summed E-state index contributed by atoms with van der Waals surface area (Å²) in [7, 11) is 0. The molecule has 1 unspecified atom stereocenters. The van der Waals surface area contributed by atoms with Crippen LogP contribution in [0.5, 0.6) is 0 Å². The maximum absolute atomic E-state index is 6.86. The second-order valence-electron chi connectivity index (χ2n) is 13.7. The van der Waals surface area contributed by atoms with Crippen molar-refractivity contribution >= 4 is 67.0 Å². The van der Waals surface area contributed by atoms with Crippen molar-refractivity contribution in [2.75, 3.05) is 4.90 Å². The minimum Gasteiger partial charge on any atom is -0.455 e. The van der Waals surface area contributed by atoms with Gasteiger partial charge < -0.3 is 9.32 Å². The standard InChI is InChI=1S/C52H39NO/c1-3-5-14-36-24-25-42(34-40(36)15-6-4-2)38-26-30-43(31-27-38)53(44-32-28-37-16-7-8-18-41(37)35-44)50-23-12-11-20-46(50)47-21-13-22-48-49-33-29-39-17-9-10-19-45(39)51(49)54-52(47)48/h3-26,28-35,38H,1-2,27H2/b14-5-,15-6-. The average Bonchev–Trinajstić information content (AvgIpc) is 3.62. The van der Waals surface area contributed by atoms with E-state index in [9.17, 15) is 0 Å². The van der Waals surface area contributed by atoms with Gasteiger partial charge in [0.1, 0.15) is 11.2 Å². The zero-order valence-corrected chi connectivity index (χ0v) is 30.0. The zero-order valence-electron chi connectivity index (χ0n) is 30.0. The van der Waals surface area contributed by atoms with Crippen LogP contribution >= 0.6 is 0 Å². The first-order valence-corrected chi connectivity index (χ1v) is 18.5. The highest BCUT2D eigenvalue weighted by molar-refractivity contribution is 6.17. The van der Waals surface area contributed by atoms with Gasteiger partial charge in [-0.2, -0.15) is 0 Å². The molecule has 1 aromatic heterocycles. The molecule has 0 aliphatic heterocycles. The maximum Gasteiger partial charge on any atom is 0.143 e. The molecular formula is C52H39NO. The predicted octanol–water partition coefficient (Wildman–Crippen LogP) is 14.7. The molecule has 0 saturated carbocycles. The molecule has 0 spiro atoms. The van der Waals surface area contributed by atoms with Gasteiger partial charge in [-0.25, -0.2) is 0 Å². The number of furan rings is 1. The van der Waals surface area contributed by atoms with E-state index in [1.165, 1.54) is 21.7 Å². The number of para-hydroxylation sites is 2. The molecule has 2 heteroatoms. The number of nitrogens with zero attached hydrogens (tertiary/aromatic N) is 1. The van der Waals surface area contributed by atoms with Crippen LogP contribution in [0.4, 0.5) is 11.4 Å². The van der Waals surface area contributed by atoms with Crippen LogP contribution in [0.15, 0.2) is 205 Å². The third-order valence-corrected chi connectivity index (χ3v) is 10.5. The number of benzene rings is 7. The molecule has 0 radical (unpaired) electrons. The van der Waals surface area contributed by atoms with E-state index in [0.29, 0.717) is 0 Å². The number of rotatable bonds is 9. The normalized spacial score (nSPS) is 14.4. The Hall–Kier alpha value is -6.90. The lowest BCUT2D eigenvalue weighted by Crippen LogP contribution is -2.18. The molecular weight excluding hydrogens is 655 g/mol. The summed E-state index contributed by atoms with van der Waals surface area (Å²) in [6.45, 7) is 7.73. The topological polar surface area (TPSA) is 16.4 Å². The monoisotopic (exact) mass is 693 g/mol. The molecule has 1 atom stereocenters. The summed E-state index contributed by atoms with van der Waals surface area (Å²) in [6, 6.07) is 50.1. The van der Waals surface area contributed by atoms with Crippen molar-refractivity contribution in [3.8, 4) is 11.1 Å². The molecule has 8 aromatic rings. The molecule has 0 saturated heterocycles. The van der Waals surface area contributed by atoms with Gasteiger partial charge in [-0.1, -0.05) is 177 Å². The van der Waals surface area contributed by atoms with Crippen molar-refractivity contribution in [3.05, 3.63) is 218 Å². The first kappa shape index (κ1) is 33.0. The van der Waals surface area contributed by atoms with Crippen LogP contribution in [0, 0.1) is 0 Å². The second kappa shape index (κ2) is 14.3. The second-order valence-corrected chi connectivity index (χ2v) is 13.7. The van der Waals surface area contributed by atoms with Crippen LogP contribution in [0.3, 0.4) is 0 Å². The highest BCUT2D eigenvalue weighted by atomic mass is 16.3. The molecule has 0 amide bonds. The molecule has 1 heterocycles. The van der Waals surface area contributed by atoms with Gasteiger partial charge in [0.25, 0.3) is 0 Å². The molecule has 2 nitrogen and oxygen atoms in total. The largest absolute Gasteiger partial charge is 0.455 e. The molecule has 9 rings (SSSR count). The van der Waals surface area contributed by atoms with E-state index in [1.54, 1.807) is 0 Å². The Morgan fingerprint density at radius 2 is 1.28 bits per heavy atom. The zero-order chi connectivity index (χ0) is 36.4. The minimum absolute atomic E-state index is 0.245. The summed E-state index contributed by atoms with van der Waals surface area (Å²) in [5.74, 6) is 0.245. The number of allylic oxidation sites excluding steroid dienone is 7. The fourth-order valence-corrected chi connectivity index (χ4v) is 7.86. The maximum atomic E-state index is 6.86. The quantitative estimate of drug-likeness (QED) is 0.140. The molecule has 0 N–H and O–H groups in total. The lowest BCUT2D eigenvalue weighted by molar-refractivity contribution is 0.674. The fraction of sp³-hybridized carbons (Fsp3) is 0.0385. The summed E-state index contributed by atoms with van der Waals surface area (Å²) >= 11 is 0. The van der Waals surface area contributed by atoms with Crippen molar-refractivity contribution in [2.45, 2.75) is 12.3 Å². The van der Waals surface area contributed by atoms with E-state index in [2.05, 4.69) is 188 Å². The minimum atomic E-state index is 0.245. The Morgan fingerprint density at radius 1 is 0.574 bits per heavy atom. The van der Waals surface area contributed by atoms with Crippen LogP contribution in [-0.4, -0.2) is 0 Å². The van der Waals surface area contributed by atoms with Gasteiger partial charge in [0.05, 0.1) is 5.69 Å². The molecule has 0 fully saturated rings. The van der Waals surface area contributed by atoms with E-state index >= 15 is 0 Å². The van der Waals surface area contributed by atoms with Gasteiger partial charge in [-0.3, -0.25) is 0 Å². The smallest absolute Gasteiger partial charge is 0.143 e. The number of hydrogen-bond donors (Lipinski definition) is 0. The van der Waals surface area contributed by atoms with Gasteiger partial charge in [0, 0.05) is 44.6 Å². The Balaban J connectivity index is 1.17. The van der Waals surface area contributed by atoms with Crippen molar-refractivity contribution in [2.24, 2.45) is 0 Å². The highest BCUT2D eigenvalue weighted by Gasteiger charge is 2.23. The van der Waals surface area contributed by atoms with Crippen molar-refractivity contribution in [1.29, 1.82) is 0 Å². The van der Waals surface area contributed by atoms with Crippen LogP contribution in [0.25, 0.3) is 66.8 Å². The van der Waals surface area contributed by atoms with E-state index in [1.807, 2.05) is 24.3 Å². The first-order chi connectivity index (χ1) is 26.7. The van der Waals surface area contributed by atoms with Crippen molar-refractivity contribution < 1.29 is 4.42 Å². The SMILES string of the molecule is C=C/C=C\c1ccc(C2C=CC(N(c3ccc4ccccc4c3)c3ccccc3-c3cccc4c3oc3c5ccccc5ccc43)=CC2)cc1/C=C\C=C. The lowest BCUT2D eigenvalue weighted by atomic mass is 9.88. The highest BCUT2D eigenvalue weighted by Crippen LogP contribution is 2.45. The summed E-state index contributed by atoms with van der Waals surface area (Å²) < 4.78 is 6.86. The van der Waals surface area contributed by atoms with Gasteiger partial charge in [0.2, 0.25) is 0 Å². The van der Waals surface area contributed by atoms with Crippen molar-refractivity contribution in [1.82, 2.24) is 0 Å². The number of hydrogen-bond acceptors (Lipinski definition) is 2. The first-order valence-electron chi connectivity index (χ1n) is 18.5. The van der Waals surface area contributed by atoms with E-state index < -0.39 is 0 Å². The van der Waals surface area contributed by atoms with Crippen LogP contribution in [0.1, 0.15) is 29.0 Å². The molecule has 1 aliphatic rings. The number of anilines is 2. The van der Waals surface area contributed by atoms with Gasteiger partial charge >= 0.3 is 0 Å². The van der Waals surface area contributed by atoms with E-state index in [-0.39, 0.29) is 5.92 Å². The molecule has 7 aromatic carbocycles. The summed E-state index contributed by atoms with van der Waals surface area (Å²) in [6.07, 6.45) is 19.7. The van der Waals surface area contributed by atoms with Crippen LogP contribution < -0.4 is 4.90 Å². The van der Waals surface area contributed by atoms with Crippen molar-refractivity contribution in [3.63, 3.8) is 0 Å². The molecule has 0 bridgehead atoms. The molecule has 258 valence electrons. The van der Waals surface area contributed by atoms with Crippen LogP contribution in [0.2, 0.25) is 0 Å². The Morgan fingerprint density at radius 3 is 2.11 bits per heavy atom.